The molecule has 8 nitrogen and oxygen atoms in total. The molecule has 0 heterocycles. The molecule has 0 atom stereocenters. The minimum atomic E-state index is -1.31. The highest BCUT2D eigenvalue weighted by Gasteiger charge is 2.25. The van der Waals surface area contributed by atoms with Crippen molar-refractivity contribution < 1.29 is 19.7 Å². The maximum Gasteiger partial charge on any atom is 0.336 e. The van der Waals surface area contributed by atoms with Crippen LogP contribution in [-0.4, -0.2) is 20.9 Å². The first kappa shape index (κ1) is 12.4. The maximum absolute atomic E-state index is 11.0. The summed E-state index contributed by atoms with van der Waals surface area (Å²) in [6.45, 7) is 0. The molecular formula is C11H6N2O6. The van der Waals surface area contributed by atoms with E-state index >= 15 is 0 Å². The lowest BCUT2D eigenvalue weighted by Crippen LogP contribution is -2.01. The molecule has 0 aliphatic carbocycles. The molecule has 0 radical (unpaired) electrons. The van der Waals surface area contributed by atoms with Crippen LogP contribution in [0, 0.1) is 20.2 Å². The number of hydrogen-bond acceptors (Lipinski definition) is 5. The number of aromatic carboxylic acids is 1. The fourth-order valence-corrected chi connectivity index (χ4v) is 1.86. The third-order valence-corrected chi connectivity index (χ3v) is 2.62. The van der Waals surface area contributed by atoms with Gasteiger partial charge in [-0.15, -0.1) is 0 Å². The number of nitrogens with zero attached hydrogens (tertiary/aromatic N) is 2. The molecule has 2 rings (SSSR count). The van der Waals surface area contributed by atoms with Crippen molar-refractivity contribution in [3.63, 3.8) is 0 Å². The van der Waals surface area contributed by atoms with Crippen LogP contribution in [0.5, 0.6) is 0 Å². The van der Waals surface area contributed by atoms with E-state index < -0.39 is 27.2 Å². The first-order valence-electron chi connectivity index (χ1n) is 5.01. The van der Waals surface area contributed by atoms with Crippen LogP contribution in [0.3, 0.4) is 0 Å². The molecule has 0 saturated heterocycles. The van der Waals surface area contributed by atoms with Gasteiger partial charge >= 0.3 is 5.97 Å². The van der Waals surface area contributed by atoms with Crippen LogP contribution >= 0.6 is 0 Å². The minimum Gasteiger partial charge on any atom is -0.478 e. The van der Waals surface area contributed by atoms with Gasteiger partial charge in [-0.05, 0) is 6.07 Å². The molecule has 0 saturated carbocycles. The Morgan fingerprint density at radius 2 is 1.58 bits per heavy atom. The smallest absolute Gasteiger partial charge is 0.336 e. The predicted octanol–water partition coefficient (Wildman–Crippen LogP) is 2.35. The van der Waals surface area contributed by atoms with Gasteiger partial charge in [-0.2, -0.15) is 0 Å². The van der Waals surface area contributed by atoms with E-state index in [9.17, 15) is 25.0 Å². The summed E-state index contributed by atoms with van der Waals surface area (Å²) in [6, 6.07) is 5.71. The molecule has 8 heteroatoms. The number of nitro groups is 2. The number of rotatable bonds is 3. The van der Waals surface area contributed by atoms with Crippen molar-refractivity contribution in [1.29, 1.82) is 0 Å². The topological polar surface area (TPSA) is 124 Å². The molecule has 0 amide bonds. The average molecular weight is 262 g/mol. The zero-order valence-corrected chi connectivity index (χ0v) is 9.27. The fraction of sp³-hybridized carbons (Fsp3) is 0. The Morgan fingerprint density at radius 3 is 2.11 bits per heavy atom. The first-order chi connectivity index (χ1) is 8.93. The van der Waals surface area contributed by atoms with E-state index in [1.54, 1.807) is 0 Å². The normalized spacial score (nSPS) is 10.3. The number of hydrogen-bond donors (Lipinski definition) is 1. The van der Waals surface area contributed by atoms with Crippen molar-refractivity contribution in [2.75, 3.05) is 0 Å². The van der Waals surface area contributed by atoms with Gasteiger partial charge in [-0.25, -0.2) is 4.79 Å². The summed E-state index contributed by atoms with van der Waals surface area (Å²) >= 11 is 0. The third kappa shape index (κ3) is 1.95. The third-order valence-electron chi connectivity index (χ3n) is 2.62. The van der Waals surface area contributed by atoms with Gasteiger partial charge in [0.1, 0.15) is 5.39 Å². The second kappa shape index (κ2) is 4.33. The average Bonchev–Trinajstić information content (AvgIpc) is 2.35. The van der Waals surface area contributed by atoms with Crippen LogP contribution in [-0.2, 0) is 0 Å². The van der Waals surface area contributed by atoms with Crippen LogP contribution in [0.2, 0.25) is 0 Å². The van der Waals surface area contributed by atoms with Crippen molar-refractivity contribution in [3.8, 4) is 0 Å². The van der Waals surface area contributed by atoms with Gasteiger partial charge in [0.2, 0.25) is 0 Å². The highest BCUT2D eigenvalue weighted by molar-refractivity contribution is 6.09. The maximum atomic E-state index is 11.0. The zero-order chi connectivity index (χ0) is 14.2. The monoisotopic (exact) mass is 262 g/mol. The summed E-state index contributed by atoms with van der Waals surface area (Å²) in [4.78, 5) is 31.3. The number of carboxylic acid groups (broad SMARTS) is 1. The van der Waals surface area contributed by atoms with Crippen LogP contribution in [0.25, 0.3) is 10.8 Å². The summed E-state index contributed by atoms with van der Waals surface area (Å²) in [6.07, 6.45) is 0. The van der Waals surface area contributed by atoms with E-state index in [1.165, 1.54) is 12.1 Å². The number of carbonyl (C=O) groups is 1. The lowest BCUT2D eigenvalue weighted by atomic mass is 10.0. The first-order valence-corrected chi connectivity index (χ1v) is 5.01. The second-order valence-electron chi connectivity index (χ2n) is 3.65. The zero-order valence-electron chi connectivity index (χ0n) is 9.27. The molecule has 96 valence electrons. The van der Waals surface area contributed by atoms with Gasteiger partial charge in [-0.1, -0.05) is 12.1 Å². The van der Waals surface area contributed by atoms with Gasteiger partial charge in [0.05, 0.1) is 15.4 Å². The summed E-state index contributed by atoms with van der Waals surface area (Å²) < 4.78 is 0. The van der Waals surface area contributed by atoms with E-state index in [1.807, 2.05) is 0 Å². The largest absolute Gasteiger partial charge is 0.478 e. The molecule has 1 N–H and O–H groups in total. The van der Waals surface area contributed by atoms with Crippen molar-refractivity contribution in [2.45, 2.75) is 0 Å². The van der Waals surface area contributed by atoms with Crippen molar-refractivity contribution >= 4 is 28.1 Å². The number of non-ortho nitro benzene ring substituents is 2. The van der Waals surface area contributed by atoms with E-state index in [2.05, 4.69) is 0 Å². The number of nitro benzene ring substituents is 2. The molecule has 19 heavy (non-hydrogen) atoms. The Kier molecular flexibility index (Phi) is 2.83. The molecule has 2 aromatic rings. The van der Waals surface area contributed by atoms with Gasteiger partial charge in [0, 0.05) is 17.5 Å². The second-order valence-corrected chi connectivity index (χ2v) is 3.65. The lowest BCUT2D eigenvalue weighted by molar-refractivity contribution is -0.390. The van der Waals surface area contributed by atoms with Crippen LogP contribution in [0.1, 0.15) is 10.4 Å². The van der Waals surface area contributed by atoms with Gasteiger partial charge in [-0.3, -0.25) is 20.2 Å². The van der Waals surface area contributed by atoms with E-state index in [0.29, 0.717) is 0 Å². The Labute approximate surface area is 105 Å². The van der Waals surface area contributed by atoms with E-state index in [0.717, 1.165) is 18.2 Å². The quantitative estimate of drug-likeness (QED) is 0.668. The predicted molar refractivity (Wildman–Crippen MR) is 64.2 cm³/mol. The Bertz CT molecular complexity index is 704. The van der Waals surface area contributed by atoms with Crippen molar-refractivity contribution in [1.82, 2.24) is 0 Å². The van der Waals surface area contributed by atoms with Crippen molar-refractivity contribution in [2.24, 2.45) is 0 Å². The SMILES string of the molecule is O=C(O)c1ccc([N+](=O)[O-])c2c([N+](=O)[O-])cccc12. The highest BCUT2D eigenvalue weighted by atomic mass is 16.6. The van der Waals surface area contributed by atoms with Crippen LogP contribution in [0.15, 0.2) is 30.3 Å². The van der Waals surface area contributed by atoms with Crippen molar-refractivity contribution in [3.05, 3.63) is 56.1 Å². The van der Waals surface area contributed by atoms with Crippen LogP contribution in [0.4, 0.5) is 11.4 Å². The summed E-state index contributed by atoms with van der Waals surface area (Å²) in [7, 11) is 0. The Hall–Kier alpha value is -3.03. The summed E-state index contributed by atoms with van der Waals surface area (Å²) in [5.41, 5.74) is -1.20. The van der Waals surface area contributed by atoms with Gasteiger partial charge in [0.15, 0.2) is 0 Å². The summed E-state index contributed by atoms with van der Waals surface area (Å²) in [5.74, 6) is -1.31. The molecule has 0 unspecified atom stereocenters. The molecular weight excluding hydrogens is 256 g/mol. The van der Waals surface area contributed by atoms with Gasteiger partial charge in [0.25, 0.3) is 11.4 Å². The highest BCUT2D eigenvalue weighted by Crippen LogP contribution is 2.35. The summed E-state index contributed by atoms with van der Waals surface area (Å²) in [5, 5.41) is 30.5. The molecule has 0 fully saturated rings. The minimum absolute atomic E-state index is 0.0316. The molecule has 0 aliphatic heterocycles. The Balaban J connectivity index is 3.01. The number of carboxylic acids is 1. The molecule has 0 bridgehead atoms. The Morgan fingerprint density at radius 1 is 1.00 bits per heavy atom. The molecule has 0 aromatic heterocycles. The molecule has 0 spiro atoms. The fourth-order valence-electron chi connectivity index (χ4n) is 1.86. The van der Waals surface area contributed by atoms with E-state index in [4.69, 9.17) is 5.11 Å². The number of benzene rings is 2. The van der Waals surface area contributed by atoms with Gasteiger partial charge < -0.3 is 5.11 Å². The standard InChI is InChI=1S/C11H6N2O6/c14-11(15)7-4-5-9(13(18)19)10-6(7)2-1-3-8(10)12(16)17/h1-5H,(H,14,15). The molecule has 2 aromatic carbocycles. The van der Waals surface area contributed by atoms with E-state index in [-0.39, 0.29) is 16.3 Å². The van der Waals surface area contributed by atoms with Crippen LogP contribution < -0.4 is 0 Å². The molecule has 0 aliphatic rings. The lowest BCUT2D eigenvalue weighted by Gasteiger charge is -2.04. The number of fused-ring (bicyclic) bond motifs is 1.